The summed E-state index contributed by atoms with van der Waals surface area (Å²) >= 11 is 0. The predicted molar refractivity (Wildman–Crippen MR) is 52.4 cm³/mol. The maximum Gasteiger partial charge on any atom is 0.336 e. The molecule has 0 saturated heterocycles. The lowest BCUT2D eigenvalue weighted by Gasteiger charge is -2.08. The van der Waals surface area contributed by atoms with Crippen LogP contribution in [0.25, 0.3) is 0 Å². The molecule has 0 radical (unpaired) electrons. The highest BCUT2D eigenvalue weighted by Gasteiger charge is 2.11. The molecular formula is C10H13NO3. The molecule has 0 heterocycles. The van der Waals surface area contributed by atoms with Crippen LogP contribution >= 0.6 is 0 Å². The number of phenolic OH excluding ortho intramolecular Hbond substituents is 1. The van der Waals surface area contributed by atoms with Crippen LogP contribution in [0.2, 0.25) is 0 Å². The van der Waals surface area contributed by atoms with Gasteiger partial charge in [0.05, 0.1) is 5.56 Å². The minimum absolute atomic E-state index is 0.0455. The Morgan fingerprint density at radius 2 is 2.21 bits per heavy atom. The molecule has 0 aliphatic carbocycles. The topological polar surface area (TPSA) is 83.5 Å². The van der Waals surface area contributed by atoms with Gasteiger partial charge in [-0.3, -0.25) is 0 Å². The van der Waals surface area contributed by atoms with Gasteiger partial charge in [0.1, 0.15) is 5.75 Å². The molecule has 0 aromatic heterocycles. The van der Waals surface area contributed by atoms with Gasteiger partial charge in [-0.25, -0.2) is 4.79 Å². The van der Waals surface area contributed by atoms with Crippen LogP contribution in [0, 0.1) is 0 Å². The van der Waals surface area contributed by atoms with Crippen LogP contribution in [0.5, 0.6) is 5.75 Å². The first-order valence-electron chi connectivity index (χ1n) is 4.31. The van der Waals surface area contributed by atoms with Gasteiger partial charge < -0.3 is 15.9 Å². The summed E-state index contributed by atoms with van der Waals surface area (Å²) in [5.41, 5.74) is 6.33. The lowest BCUT2D eigenvalue weighted by Crippen LogP contribution is -2.19. The Morgan fingerprint density at radius 1 is 1.57 bits per heavy atom. The molecule has 76 valence electrons. The molecule has 4 N–H and O–H groups in total. The number of benzene rings is 1. The molecule has 14 heavy (non-hydrogen) atoms. The number of hydrogen-bond donors (Lipinski definition) is 3. The number of carboxylic acids is 1. The highest BCUT2D eigenvalue weighted by atomic mass is 16.4. The Bertz CT molecular complexity index is 347. The molecule has 1 rings (SSSR count). The maximum absolute atomic E-state index is 10.8. The van der Waals surface area contributed by atoms with Crippen LogP contribution in [-0.2, 0) is 6.42 Å². The van der Waals surface area contributed by atoms with Crippen molar-refractivity contribution in [2.24, 2.45) is 5.73 Å². The van der Waals surface area contributed by atoms with Crippen molar-refractivity contribution in [3.63, 3.8) is 0 Å². The molecule has 1 aromatic carbocycles. The summed E-state index contributed by atoms with van der Waals surface area (Å²) in [6.45, 7) is 1.80. The molecule has 1 atom stereocenters. The normalized spacial score (nSPS) is 12.4. The van der Waals surface area contributed by atoms with Crippen LogP contribution in [0.1, 0.15) is 22.8 Å². The van der Waals surface area contributed by atoms with Crippen molar-refractivity contribution in [1.82, 2.24) is 0 Å². The Balaban J connectivity index is 3.08. The third-order valence-electron chi connectivity index (χ3n) is 1.87. The minimum Gasteiger partial charge on any atom is -0.508 e. The standard InChI is InChI=1S/C10H13NO3/c1-6(11)4-7-2-3-8(12)5-9(7)10(13)14/h2-3,5-6,12H,4,11H2,1H3,(H,13,14)/t6-/m1/s1. The average molecular weight is 195 g/mol. The number of hydrogen-bond acceptors (Lipinski definition) is 3. The van der Waals surface area contributed by atoms with Crippen molar-refractivity contribution in [3.05, 3.63) is 29.3 Å². The first-order valence-corrected chi connectivity index (χ1v) is 4.31. The highest BCUT2D eigenvalue weighted by molar-refractivity contribution is 5.89. The van der Waals surface area contributed by atoms with Gasteiger partial charge in [-0.15, -0.1) is 0 Å². The third-order valence-corrected chi connectivity index (χ3v) is 1.87. The summed E-state index contributed by atoms with van der Waals surface area (Å²) in [5.74, 6) is -1.09. The first kappa shape index (κ1) is 10.5. The van der Waals surface area contributed by atoms with Gasteiger partial charge in [-0.2, -0.15) is 0 Å². The van der Waals surface area contributed by atoms with Gasteiger partial charge in [-0.05, 0) is 31.0 Å². The zero-order valence-corrected chi connectivity index (χ0v) is 7.90. The largest absolute Gasteiger partial charge is 0.508 e. The summed E-state index contributed by atoms with van der Waals surface area (Å²) in [6, 6.07) is 4.18. The van der Waals surface area contributed by atoms with E-state index < -0.39 is 5.97 Å². The van der Waals surface area contributed by atoms with Crippen LogP contribution in [-0.4, -0.2) is 22.2 Å². The third kappa shape index (κ3) is 2.47. The van der Waals surface area contributed by atoms with Gasteiger partial charge >= 0.3 is 5.97 Å². The van der Waals surface area contributed by atoms with E-state index in [1.54, 1.807) is 13.0 Å². The van der Waals surface area contributed by atoms with E-state index in [2.05, 4.69) is 0 Å². The summed E-state index contributed by atoms with van der Waals surface area (Å²) in [4.78, 5) is 10.8. The zero-order chi connectivity index (χ0) is 10.7. The van der Waals surface area contributed by atoms with Crippen molar-refractivity contribution in [2.75, 3.05) is 0 Å². The quantitative estimate of drug-likeness (QED) is 0.671. The molecular weight excluding hydrogens is 182 g/mol. The van der Waals surface area contributed by atoms with E-state index in [0.29, 0.717) is 12.0 Å². The average Bonchev–Trinajstić information content (AvgIpc) is 2.07. The second-order valence-corrected chi connectivity index (χ2v) is 3.33. The monoisotopic (exact) mass is 195 g/mol. The van der Waals surface area contributed by atoms with Crippen molar-refractivity contribution >= 4 is 5.97 Å². The van der Waals surface area contributed by atoms with E-state index in [-0.39, 0.29) is 17.4 Å². The van der Waals surface area contributed by atoms with Crippen LogP contribution in [0.3, 0.4) is 0 Å². The molecule has 0 saturated carbocycles. The van der Waals surface area contributed by atoms with Crippen LogP contribution < -0.4 is 5.73 Å². The fraction of sp³-hybridized carbons (Fsp3) is 0.300. The number of carbonyl (C=O) groups is 1. The number of phenols is 1. The van der Waals surface area contributed by atoms with E-state index in [4.69, 9.17) is 15.9 Å². The maximum atomic E-state index is 10.8. The summed E-state index contributed by atoms with van der Waals surface area (Å²) in [5, 5.41) is 18.0. The lowest BCUT2D eigenvalue weighted by molar-refractivity contribution is 0.0695. The van der Waals surface area contributed by atoms with Crippen molar-refractivity contribution in [3.8, 4) is 5.75 Å². The fourth-order valence-electron chi connectivity index (χ4n) is 1.29. The first-order chi connectivity index (χ1) is 6.50. The highest BCUT2D eigenvalue weighted by Crippen LogP contribution is 2.17. The Labute approximate surface area is 82.0 Å². The Morgan fingerprint density at radius 3 is 2.71 bits per heavy atom. The van der Waals surface area contributed by atoms with E-state index in [9.17, 15) is 4.79 Å². The number of aromatic hydroxyl groups is 1. The molecule has 0 aliphatic rings. The fourth-order valence-corrected chi connectivity index (χ4v) is 1.29. The molecule has 0 amide bonds. The molecule has 4 nitrogen and oxygen atoms in total. The van der Waals surface area contributed by atoms with Crippen LogP contribution in [0.4, 0.5) is 0 Å². The number of aromatic carboxylic acids is 1. The van der Waals surface area contributed by atoms with Gasteiger partial charge in [0.25, 0.3) is 0 Å². The molecule has 0 spiro atoms. The SMILES string of the molecule is C[C@@H](N)Cc1ccc(O)cc1C(=O)O. The van der Waals surface area contributed by atoms with Crippen LogP contribution in [0.15, 0.2) is 18.2 Å². The molecule has 4 heteroatoms. The lowest BCUT2D eigenvalue weighted by atomic mass is 10.0. The van der Waals surface area contributed by atoms with Gasteiger partial charge in [0.2, 0.25) is 0 Å². The Kier molecular flexibility index (Phi) is 3.09. The Hall–Kier alpha value is -1.55. The van der Waals surface area contributed by atoms with E-state index >= 15 is 0 Å². The molecule has 0 bridgehead atoms. The molecule has 1 aromatic rings. The second-order valence-electron chi connectivity index (χ2n) is 3.33. The summed E-state index contributed by atoms with van der Waals surface area (Å²) in [6.07, 6.45) is 0.488. The summed E-state index contributed by atoms with van der Waals surface area (Å²) < 4.78 is 0. The van der Waals surface area contributed by atoms with E-state index in [1.807, 2.05) is 0 Å². The van der Waals surface area contributed by atoms with Crippen molar-refractivity contribution < 1.29 is 15.0 Å². The van der Waals surface area contributed by atoms with Crippen molar-refractivity contribution in [1.29, 1.82) is 0 Å². The molecule has 0 fully saturated rings. The zero-order valence-electron chi connectivity index (χ0n) is 7.90. The van der Waals surface area contributed by atoms with Gasteiger partial charge in [-0.1, -0.05) is 6.07 Å². The molecule has 0 unspecified atom stereocenters. The van der Waals surface area contributed by atoms with E-state index in [0.717, 1.165) is 0 Å². The predicted octanol–water partition coefficient (Wildman–Crippen LogP) is 0.980. The minimum atomic E-state index is -1.04. The van der Waals surface area contributed by atoms with Crippen molar-refractivity contribution in [2.45, 2.75) is 19.4 Å². The smallest absolute Gasteiger partial charge is 0.336 e. The number of carboxylic acid groups (broad SMARTS) is 1. The van der Waals surface area contributed by atoms with Gasteiger partial charge in [0, 0.05) is 6.04 Å². The van der Waals surface area contributed by atoms with Gasteiger partial charge in [0.15, 0.2) is 0 Å². The number of nitrogens with two attached hydrogens (primary N) is 1. The molecule has 0 aliphatic heterocycles. The summed E-state index contributed by atoms with van der Waals surface area (Å²) in [7, 11) is 0. The van der Waals surface area contributed by atoms with E-state index in [1.165, 1.54) is 12.1 Å². The second kappa shape index (κ2) is 4.11. The number of rotatable bonds is 3.